The highest BCUT2D eigenvalue weighted by Crippen LogP contribution is 2.31. The van der Waals surface area contributed by atoms with E-state index in [9.17, 15) is 4.79 Å². The fourth-order valence-corrected chi connectivity index (χ4v) is 1.16. The zero-order valence-electron chi connectivity index (χ0n) is 6.52. The van der Waals surface area contributed by atoms with Gasteiger partial charge in [-0.3, -0.25) is 0 Å². The van der Waals surface area contributed by atoms with Crippen molar-refractivity contribution in [2.75, 3.05) is 5.32 Å². The largest absolute Gasteiger partial charge is 0.478 e. The summed E-state index contributed by atoms with van der Waals surface area (Å²) in [5.41, 5.74) is 0.649. The number of anilines is 1. The van der Waals surface area contributed by atoms with Gasteiger partial charge in [0.1, 0.15) is 5.75 Å². The first kappa shape index (κ1) is 7.88. The van der Waals surface area contributed by atoms with Crippen molar-refractivity contribution in [3.63, 3.8) is 0 Å². The second-order valence-corrected chi connectivity index (χ2v) is 2.63. The Morgan fingerprint density at radius 1 is 1.54 bits per heavy atom. The molecule has 1 heterocycles. The third-order valence-corrected chi connectivity index (χ3v) is 1.74. The minimum Gasteiger partial charge on any atom is -0.478 e. The summed E-state index contributed by atoms with van der Waals surface area (Å²) in [5, 5.41) is 20.2. The van der Waals surface area contributed by atoms with Crippen molar-refractivity contribution >= 4 is 11.7 Å². The van der Waals surface area contributed by atoms with Gasteiger partial charge in [-0.2, -0.15) is 0 Å². The molecule has 0 aromatic heterocycles. The quantitative estimate of drug-likeness (QED) is 0.586. The van der Waals surface area contributed by atoms with E-state index in [1.807, 2.05) is 0 Å². The summed E-state index contributed by atoms with van der Waals surface area (Å²) in [5.74, 6) is -0.552. The minimum absolute atomic E-state index is 0.156. The number of hydrogen-bond donors (Lipinski definition) is 3. The molecule has 1 atom stereocenters. The fourth-order valence-electron chi connectivity index (χ4n) is 1.16. The lowest BCUT2D eigenvalue weighted by Crippen LogP contribution is -2.18. The van der Waals surface area contributed by atoms with Crippen molar-refractivity contribution in [1.82, 2.24) is 0 Å². The molecule has 13 heavy (non-hydrogen) atoms. The van der Waals surface area contributed by atoms with E-state index >= 15 is 0 Å². The van der Waals surface area contributed by atoms with Gasteiger partial charge in [0.15, 0.2) is 0 Å². The number of carbonyl (C=O) groups is 1. The summed E-state index contributed by atoms with van der Waals surface area (Å²) >= 11 is 0. The first-order valence-electron chi connectivity index (χ1n) is 3.65. The summed E-state index contributed by atoms with van der Waals surface area (Å²) in [7, 11) is 0. The molecule has 1 aromatic rings. The first-order valence-corrected chi connectivity index (χ1v) is 3.65. The van der Waals surface area contributed by atoms with Gasteiger partial charge in [0.25, 0.3) is 6.41 Å². The van der Waals surface area contributed by atoms with Crippen LogP contribution in [-0.4, -0.2) is 22.6 Å². The topological polar surface area (TPSA) is 78.8 Å². The van der Waals surface area contributed by atoms with Gasteiger partial charge in [0.2, 0.25) is 0 Å². The van der Waals surface area contributed by atoms with Crippen molar-refractivity contribution in [2.45, 2.75) is 6.41 Å². The van der Waals surface area contributed by atoms with Crippen LogP contribution >= 0.6 is 0 Å². The Morgan fingerprint density at radius 3 is 3.00 bits per heavy atom. The molecular formula is C8H7NO4. The van der Waals surface area contributed by atoms with E-state index in [4.69, 9.17) is 14.9 Å². The van der Waals surface area contributed by atoms with Crippen molar-refractivity contribution in [1.29, 1.82) is 0 Å². The number of rotatable bonds is 1. The van der Waals surface area contributed by atoms with Crippen LogP contribution < -0.4 is 10.1 Å². The second kappa shape index (κ2) is 2.63. The molecule has 1 aliphatic heterocycles. The molecule has 3 N–H and O–H groups in total. The van der Waals surface area contributed by atoms with Gasteiger partial charge in [0.05, 0.1) is 11.3 Å². The Labute approximate surface area is 73.6 Å². The van der Waals surface area contributed by atoms with Crippen LogP contribution in [0.3, 0.4) is 0 Å². The molecule has 1 unspecified atom stereocenters. The molecule has 5 nitrogen and oxygen atoms in total. The molecule has 0 spiro atoms. The monoisotopic (exact) mass is 181 g/mol. The molecule has 5 heteroatoms. The lowest BCUT2D eigenvalue weighted by Gasteiger charge is -1.99. The minimum atomic E-state index is -1.08. The van der Waals surface area contributed by atoms with Gasteiger partial charge in [-0.25, -0.2) is 4.79 Å². The predicted octanol–water partition coefficient (Wildman–Crippen LogP) is 0.465. The van der Waals surface area contributed by atoms with E-state index in [1.165, 1.54) is 18.2 Å². The number of ether oxygens (including phenoxy) is 1. The van der Waals surface area contributed by atoms with Crippen LogP contribution in [0.2, 0.25) is 0 Å². The van der Waals surface area contributed by atoms with Crippen LogP contribution in [0, 0.1) is 0 Å². The number of hydrogen-bond acceptors (Lipinski definition) is 4. The van der Waals surface area contributed by atoms with Crippen LogP contribution in [0.5, 0.6) is 5.75 Å². The van der Waals surface area contributed by atoms with Crippen LogP contribution in [0.1, 0.15) is 10.4 Å². The molecule has 0 fully saturated rings. The summed E-state index contributed by atoms with van der Waals surface area (Å²) in [4.78, 5) is 10.6. The Kier molecular flexibility index (Phi) is 1.60. The van der Waals surface area contributed by atoms with E-state index in [2.05, 4.69) is 5.32 Å². The number of nitrogens with one attached hydrogen (secondary N) is 1. The molecule has 0 amide bonds. The van der Waals surface area contributed by atoms with E-state index in [0.29, 0.717) is 11.4 Å². The molecule has 0 radical (unpaired) electrons. The number of aliphatic hydroxyl groups excluding tert-OH is 1. The lowest BCUT2D eigenvalue weighted by atomic mass is 10.2. The maximum absolute atomic E-state index is 10.6. The molecule has 0 saturated heterocycles. The van der Waals surface area contributed by atoms with Gasteiger partial charge in [-0.15, -0.1) is 0 Å². The summed E-state index contributed by atoms with van der Waals surface area (Å²) < 4.78 is 4.89. The Balaban J connectivity index is 2.40. The molecule has 1 aromatic carbocycles. The molecule has 0 bridgehead atoms. The number of carboxylic acid groups (broad SMARTS) is 1. The maximum Gasteiger partial charge on any atom is 0.335 e. The number of carboxylic acids is 1. The number of fused-ring (bicyclic) bond motifs is 1. The number of aromatic carboxylic acids is 1. The summed E-state index contributed by atoms with van der Waals surface area (Å²) in [6.45, 7) is 0. The highest BCUT2D eigenvalue weighted by molar-refractivity contribution is 5.89. The van der Waals surface area contributed by atoms with Crippen LogP contribution in [0.4, 0.5) is 5.69 Å². The van der Waals surface area contributed by atoms with Crippen LogP contribution in [-0.2, 0) is 0 Å². The predicted molar refractivity (Wildman–Crippen MR) is 43.7 cm³/mol. The molecule has 1 aliphatic rings. The van der Waals surface area contributed by atoms with Crippen molar-refractivity contribution in [3.05, 3.63) is 23.8 Å². The Morgan fingerprint density at radius 2 is 2.31 bits per heavy atom. The van der Waals surface area contributed by atoms with Gasteiger partial charge >= 0.3 is 5.97 Å². The molecule has 68 valence electrons. The molecule has 0 aliphatic carbocycles. The normalized spacial score (nSPS) is 18.7. The second-order valence-electron chi connectivity index (χ2n) is 2.63. The van der Waals surface area contributed by atoms with E-state index in [1.54, 1.807) is 0 Å². The molecule has 0 saturated carbocycles. The van der Waals surface area contributed by atoms with Crippen LogP contribution in [0.15, 0.2) is 18.2 Å². The maximum atomic E-state index is 10.6. The van der Waals surface area contributed by atoms with Crippen molar-refractivity contribution in [2.24, 2.45) is 0 Å². The first-order chi connectivity index (χ1) is 6.16. The zero-order chi connectivity index (χ0) is 9.42. The van der Waals surface area contributed by atoms with Gasteiger partial charge < -0.3 is 20.3 Å². The standard InChI is InChI=1S/C8H7NO4/c10-7(11)4-1-2-6-5(3-4)9-8(12)13-6/h1-3,8-9,12H,(H,10,11). The molecular weight excluding hydrogens is 174 g/mol. The van der Waals surface area contributed by atoms with E-state index in [-0.39, 0.29) is 5.56 Å². The Hall–Kier alpha value is -1.75. The summed E-state index contributed by atoms with van der Waals surface area (Å²) in [6, 6.07) is 4.33. The van der Waals surface area contributed by atoms with Gasteiger partial charge in [-0.05, 0) is 18.2 Å². The highest BCUT2D eigenvalue weighted by Gasteiger charge is 2.20. The lowest BCUT2D eigenvalue weighted by molar-refractivity contribution is 0.0211. The number of benzene rings is 1. The number of aliphatic hydroxyl groups is 1. The average Bonchev–Trinajstić information content (AvgIpc) is 2.42. The van der Waals surface area contributed by atoms with E-state index < -0.39 is 12.4 Å². The highest BCUT2D eigenvalue weighted by atomic mass is 16.6. The average molecular weight is 181 g/mol. The summed E-state index contributed by atoms with van der Waals surface area (Å²) in [6.07, 6.45) is -1.08. The molecule has 2 rings (SSSR count). The fraction of sp³-hybridized carbons (Fsp3) is 0.125. The smallest absolute Gasteiger partial charge is 0.335 e. The third-order valence-electron chi connectivity index (χ3n) is 1.74. The Bertz CT molecular complexity index is 363. The third kappa shape index (κ3) is 1.29. The van der Waals surface area contributed by atoms with Gasteiger partial charge in [-0.1, -0.05) is 0 Å². The van der Waals surface area contributed by atoms with Gasteiger partial charge in [0, 0.05) is 0 Å². The van der Waals surface area contributed by atoms with Crippen molar-refractivity contribution < 1.29 is 19.7 Å². The van der Waals surface area contributed by atoms with E-state index in [0.717, 1.165) is 0 Å². The SMILES string of the molecule is O=C(O)c1ccc2c(c1)NC(O)O2. The zero-order valence-corrected chi connectivity index (χ0v) is 6.52. The van der Waals surface area contributed by atoms with Crippen LogP contribution in [0.25, 0.3) is 0 Å². The van der Waals surface area contributed by atoms with Crippen molar-refractivity contribution in [3.8, 4) is 5.75 Å².